The molecule has 0 N–H and O–H groups in total. The van der Waals surface area contributed by atoms with Crippen molar-refractivity contribution in [1.29, 1.82) is 0 Å². The summed E-state index contributed by atoms with van der Waals surface area (Å²) in [5, 5.41) is 0. The quantitative estimate of drug-likeness (QED) is 0.671. The van der Waals surface area contributed by atoms with Gasteiger partial charge < -0.3 is 4.74 Å². The van der Waals surface area contributed by atoms with Gasteiger partial charge in [0, 0.05) is 6.42 Å². The fourth-order valence-corrected chi connectivity index (χ4v) is 1.46. The number of hydrogen-bond donors (Lipinski definition) is 0. The summed E-state index contributed by atoms with van der Waals surface area (Å²) in [6, 6.07) is 6.48. The zero-order valence-electron chi connectivity index (χ0n) is 10.8. The van der Waals surface area contributed by atoms with Crippen LogP contribution in [0, 0.1) is 0 Å². The normalized spacial score (nSPS) is 11.3. The van der Waals surface area contributed by atoms with E-state index in [-0.39, 0.29) is 0 Å². The Balaban J connectivity index is 0.000000442. The Hall–Kier alpha value is -0.980. The van der Waals surface area contributed by atoms with Crippen LogP contribution in [0.1, 0.15) is 45.7 Å². The Morgan fingerprint density at radius 2 is 1.80 bits per heavy atom. The molecule has 0 atom stereocenters. The Kier molecular flexibility index (Phi) is 7.79. The highest BCUT2D eigenvalue weighted by atomic mass is 16.5. The number of hydrogen-bond acceptors (Lipinski definition) is 1. The molecule has 0 saturated heterocycles. The zero-order valence-corrected chi connectivity index (χ0v) is 10.8. The first-order chi connectivity index (χ1) is 7.40. The second-order valence-corrected chi connectivity index (χ2v) is 2.89. The van der Waals surface area contributed by atoms with Gasteiger partial charge in [-0.15, -0.1) is 0 Å². The summed E-state index contributed by atoms with van der Waals surface area (Å²) in [6.45, 7) is 11.0. The van der Waals surface area contributed by atoms with Crippen molar-refractivity contribution >= 4 is 0 Å². The van der Waals surface area contributed by atoms with E-state index < -0.39 is 0 Å². The SMILES string of the molecule is CC.CC.CCc1ccc2c(c1)CCO2. The molecule has 2 rings (SSSR count). The predicted molar refractivity (Wildman–Crippen MR) is 67.7 cm³/mol. The van der Waals surface area contributed by atoms with E-state index in [9.17, 15) is 0 Å². The molecule has 1 aromatic rings. The van der Waals surface area contributed by atoms with E-state index in [1.54, 1.807) is 0 Å². The summed E-state index contributed by atoms with van der Waals surface area (Å²) < 4.78 is 5.40. The van der Waals surface area contributed by atoms with Crippen molar-refractivity contribution in [2.24, 2.45) is 0 Å². The largest absolute Gasteiger partial charge is 0.493 e. The smallest absolute Gasteiger partial charge is 0.122 e. The van der Waals surface area contributed by atoms with E-state index in [1.165, 1.54) is 11.1 Å². The third-order valence-electron chi connectivity index (χ3n) is 2.16. The van der Waals surface area contributed by atoms with Crippen molar-refractivity contribution in [2.45, 2.75) is 47.5 Å². The maximum absolute atomic E-state index is 5.40. The minimum Gasteiger partial charge on any atom is -0.493 e. The van der Waals surface area contributed by atoms with Crippen LogP contribution in [0.3, 0.4) is 0 Å². The minimum absolute atomic E-state index is 0.864. The van der Waals surface area contributed by atoms with Crippen LogP contribution in [0.25, 0.3) is 0 Å². The number of aryl methyl sites for hydroxylation is 1. The lowest BCUT2D eigenvalue weighted by Crippen LogP contribution is -1.85. The summed E-state index contributed by atoms with van der Waals surface area (Å²) in [6.07, 6.45) is 2.20. The number of fused-ring (bicyclic) bond motifs is 1. The second-order valence-electron chi connectivity index (χ2n) is 2.89. The van der Waals surface area contributed by atoms with Gasteiger partial charge in [0.05, 0.1) is 6.61 Å². The van der Waals surface area contributed by atoms with Crippen molar-refractivity contribution in [3.8, 4) is 5.75 Å². The van der Waals surface area contributed by atoms with Gasteiger partial charge in [0.15, 0.2) is 0 Å². The molecular weight excluding hydrogens is 184 g/mol. The highest BCUT2D eigenvalue weighted by Crippen LogP contribution is 2.25. The van der Waals surface area contributed by atoms with Crippen LogP contribution >= 0.6 is 0 Å². The number of ether oxygens (including phenoxy) is 1. The third-order valence-corrected chi connectivity index (χ3v) is 2.16. The minimum atomic E-state index is 0.864. The van der Waals surface area contributed by atoms with E-state index in [4.69, 9.17) is 4.74 Å². The Labute approximate surface area is 94.5 Å². The Bertz CT molecular complexity index is 266. The van der Waals surface area contributed by atoms with Crippen LogP contribution in [-0.2, 0) is 12.8 Å². The fraction of sp³-hybridized carbons (Fsp3) is 0.571. The molecular formula is C14H24O. The first-order valence-corrected chi connectivity index (χ1v) is 6.15. The third kappa shape index (κ3) is 3.94. The van der Waals surface area contributed by atoms with E-state index in [0.29, 0.717) is 0 Å². The monoisotopic (exact) mass is 208 g/mol. The van der Waals surface area contributed by atoms with Crippen LogP contribution in [0.2, 0.25) is 0 Å². The fourth-order valence-electron chi connectivity index (χ4n) is 1.46. The van der Waals surface area contributed by atoms with E-state index in [2.05, 4.69) is 25.1 Å². The van der Waals surface area contributed by atoms with E-state index >= 15 is 0 Å². The van der Waals surface area contributed by atoms with Crippen LogP contribution in [0.15, 0.2) is 18.2 Å². The van der Waals surface area contributed by atoms with Gasteiger partial charge in [0.2, 0.25) is 0 Å². The molecule has 0 amide bonds. The van der Waals surface area contributed by atoms with E-state index in [1.807, 2.05) is 27.7 Å². The van der Waals surface area contributed by atoms with Gasteiger partial charge in [-0.3, -0.25) is 0 Å². The molecule has 1 nitrogen and oxygen atoms in total. The van der Waals surface area contributed by atoms with Gasteiger partial charge in [-0.2, -0.15) is 0 Å². The maximum atomic E-state index is 5.40. The highest BCUT2D eigenvalue weighted by Gasteiger charge is 2.10. The molecule has 0 aromatic heterocycles. The molecule has 0 aliphatic carbocycles. The van der Waals surface area contributed by atoms with Crippen molar-refractivity contribution in [3.63, 3.8) is 0 Å². The summed E-state index contributed by atoms with van der Waals surface area (Å²) in [4.78, 5) is 0. The molecule has 0 spiro atoms. The lowest BCUT2D eigenvalue weighted by Gasteiger charge is -2.00. The van der Waals surface area contributed by atoms with Crippen LogP contribution < -0.4 is 4.74 Å². The van der Waals surface area contributed by atoms with Gasteiger partial charge in [-0.25, -0.2) is 0 Å². The maximum Gasteiger partial charge on any atom is 0.122 e. The van der Waals surface area contributed by atoms with Crippen molar-refractivity contribution < 1.29 is 4.74 Å². The molecule has 1 aliphatic heterocycles. The molecule has 1 heteroatoms. The first kappa shape index (κ1) is 14.0. The average Bonchev–Trinajstić information content (AvgIpc) is 2.81. The van der Waals surface area contributed by atoms with Gasteiger partial charge in [-0.05, 0) is 23.6 Å². The van der Waals surface area contributed by atoms with Crippen molar-refractivity contribution in [3.05, 3.63) is 29.3 Å². The highest BCUT2D eigenvalue weighted by molar-refractivity contribution is 5.39. The second kappa shape index (κ2) is 8.34. The lowest BCUT2D eigenvalue weighted by molar-refractivity contribution is 0.357. The Morgan fingerprint density at radius 1 is 1.13 bits per heavy atom. The predicted octanol–water partition coefficient (Wildman–Crippen LogP) is 4.24. The summed E-state index contributed by atoms with van der Waals surface area (Å²) in [5.74, 6) is 1.09. The van der Waals surface area contributed by atoms with Crippen molar-refractivity contribution in [1.82, 2.24) is 0 Å². The van der Waals surface area contributed by atoms with E-state index in [0.717, 1.165) is 25.2 Å². The lowest BCUT2D eigenvalue weighted by atomic mass is 10.1. The molecule has 86 valence electrons. The molecule has 0 saturated carbocycles. The molecule has 0 fully saturated rings. The molecule has 1 aliphatic rings. The van der Waals surface area contributed by atoms with Crippen molar-refractivity contribution in [2.75, 3.05) is 6.61 Å². The summed E-state index contributed by atoms with van der Waals surface area (Å²) in [7, 11) is 0. The average molecular weight is 208 g/mol. The Morgan fingerprint density at radius 3 is 2.40 bits per heavy atom. The van der Waals surface area contributed by atoms with Gasteiger partial charge in [0.1, 0.15) is 5.75 Å². The molecule has 0 bridgehead atoms. The molecule has 15 heavy (non-hydrogen) atoms. The zero-order chi connectivity index (χ0) is 11.7. The number of benzene rings is 1. The standard InChI is InChI=1S/C10H12O.2C2H6/c1-2-8-3-4-10-9(7-8)5-6-11-10;2*1-2/h3-4,7H,2,5-6H2,1H3;2*1-2H3. The van der Waals surface area contributed by atoms with Gasteiger partial charge in [0.25, 0.3) is 0 Å². The van der Waals surface area contributed by atoms with Gasteiger partial charge >= 0.3 is 0 Å². The summed E-state index contributed by atoms with van der Waals surface area (Å²) >= 11 is 0. The molecule has 0 radical (unpaired) electrons. The molecule has 1 aromatic carbocycles. The number of rotatable bonds is 1. The van der Waals surface area contributed by atoms with Gasteiger partial charge in [-0.1, -0.05) is 46.8 Å². The molecule has 0 unspecified atom stereocenters. The van der Waals surface area contributed by atoms with Crippen LogP contribution in [-0.4, -0.2) is 6.61 Å². The van der Waals surface area contributed by atoms with Crippen LogP contribution in [0.5, 0.6) is 5.75 Å². The van der Waals surface area contributed by atoms with Crippen LogP contribution in [0.4, 0.5) is 0 Å². The first-order valence-electron chi connectivity index (χ1n) is 6.15. The topological polar surface area (TPSA) is 9.23 Å². The molecule has 1 heterocycles. The summed E-state index contributed by atoms with van der Waals surface area (Å²) in [5.41, 5.74) is 2.79.